The fourth-order valence-electron chi connectivity index (χ4n) is 3.39. The fourth-order valence-corrected chi connectivity index (χ4v) is 4.76. The van der Waals surface area contributed by atoms with Gasteiger partial charge in [-0.1, -0.05) is 26.8 Å². The normalized spacial score (nSPS) is 29.3. The van der Waals surface area contributed by atoms with Crippen LogP contribution in [0.1, 0.15) is 40.0 Å². The Morgan fingerprint density at radius 1 is 1.29 bits per heavy atom. The average molecular weight is 308 g/mol. The lowest BCUT2D eigenvalue weighted by Gasteiger charge is -2.40. The van der Waals surface area contributed by atoms with Gasteiger partial charge in [-0.05, 0) is 55.8 Å². The Labute approximate surface area is 134 Å². The van der Waals surface area contributed by atoms with Crippen LogP contribution in [0, 0.1) is 11.8 Å². The zero-order valence-corrected chi connectivity index (χ0v) is 14.6. The van der Waals surface area contributed by atoms with E-state index in [1.807, 2.05) is 17.8 Å². The van der Waals surface area contributed by atoms with Crippen LogP contribution in [0.2, 0.25) is 0 Å². The minimum atomic E-state index is 0.625. The van der Waals surface area contributed by atoms with Gasteiger partial charge < -0.3 is 10.1 Å². The summed E-state index contributed by atoms with van der Waals surface area (Å²) in [5.41, 5.74) is 0. The highest BCUT2D eigenvalue weighted by Crippen LogP contribution is 2.40. The summed E-state index contributed by atoms with van der Waals surface area (Å²) in [5.74, 6) is 2.53. The Hall–Kier alpha value is -0.670. The van der Waals surface area contributed by atoms with Crippen molar-refractivity contribution in [3.63, 3.8) is 0 Å². The summed E-state index contributed by atoms with van der Waals surface area (Å²) in [6, 6.07) is 9.09. The van der Waals surface area contributed by atoms with E-state index in [-0.39, 0.29) is 0 Å². The first kappa shape index (κ1) is 16.7. The van der Waals surface area contributed by atoms with Gasteiger partial charge in [-0.3, -0.25) is 0 Å². The molecule has 0 heterocycles. The van der Waals surface area contributed by atoms with Crippen LogP contribution in [0.5, 0.6) is 5.75 Å². The molecule has 4 atom stereocenters. The highest BCUT2D eigenvalue weighted by atomic mass is 32.2. The molecule has 1 aromatic carbocycles. The fraction of sp³-hybridized carbons (Fsp3) is 0.667. The van der Waals surface area contributed by atoms with E-state index in [0.717, 1.165) is 24.1 Å². The molecule has 1 saturated carbocycles. The Bertz CT molecular complexity index is 437. The summed E-state index contributed by atoms with van der Waals surface area (Å²) < 4.78 is 5.35. The number of methoxy groups -OCH3 is 1. The largest absolute Gasteiger partial charge is 0.497 e. The molecular formula is C18H29NOS. The maximum Gasteiger partial charge on any atom is 0.119 e. The molecule has 4 unspecified atom stereocenters. The van der Waals surface area contributed by atoms with Crippen LogP contribution in [-0.4, -0.2) is 24.9 Å². The monoisotopic (exact) mass is 307 g/mol. The van der Waals surface area contributed by atoms with Crippen molar-refractivity contribution in [3.05, 3.63) is 24.3 Å². The number of nitrogens with one attached hydrogen (secondary N) is 1. The number of ether oxygens (including phenoxy) is 1. The molecule has 118 valence electrons. The minimum absolute atomic E-state index is 0.625. The van der Waals surface area contributed by atoms with Gasteiger partial charge in [0.2, 0.25) is 0 Å². The Balaban J connectivity index is 2.08. The van der Waals surface area contributed by atoms with E-state index in [0.29, 0.717) is 11.3 Å². The maximum absolute atomic E-state index is 5.35. The highest BCUT2D eigenvalue weighted by molar-refractivity contribution is 8.00. The van der Waals surface area contributed by atoms with Crippen molar-refractivity contribution in [2.24, 2.45) is 11.8 Å². The second kappa shape index (κ2) is 8.09. The second-order valence-electron chi connectivity index (χ2n) is 6.38. The van der Waals surface area contributed by atoms with Gasteiger partial charge in [0.15, 0.2) is 0 Å². The minimum Gasteiger partial charge on any atom is -0.497 e. The number of rotatable bonds is 6. The maximum atomic E-state index is 5.35. The predicted octanol–water partition coefficient (Wildman–Crippen LogP) is 4.59. The molecule has 3 heteroatoms. The highest BCUT2D eigenvalue weighted by Gasteiger charge is 2.34. The standard InChI is InChI=1S/C18H29NOS/c1-5-9-19-17-11-13(2)10-14(3)18(17)21-16-8-6-7-15(12-16)20-4/h6-8,12-14,17-19H,5,9-11H2,1-4H3. The van der Waals surface area contributed by atoms with E-state index in [1.54, 1.807) is 7.11 Å². The van der Waals surface area contributed by atoms with Crippen molar-refractivity contribution in [2.75, 3.05) is 13.7 Å². The summed E-state index contributed by atoms with van der Waals surface area (Å²) >= 11 is 2.02. The third-order valence-corrected chi connectivity index (χ3v) is 5.95. The molecule has 1 aromatic rings. The molecule has 21 heavy (non-hydrogen) atoms. The molecular weight excluding hydrogens is 278 g/mol. The molecule has 2 nitrogen and oxygen atoms in total. The molecule has 0 aromatic heterocycles. The van der Waals surface area contributed by atoms with E-state index in [2.05, 4.69) is 44.3 Å². The van der Waals surface area contributed by atoms with Crippen LogP contribution in [-0.2, 0) is 0 Å². The molecule has 0 aliphatic heterocycles. The SMILES string of the molecule is CCCNC1CC(C)CC(C)C1Sc1cccc(OC)c1. The molecule has 0 spiro atoms. The Morgan fingerprint density at radius 2 is 2.10 bits per heavy atom. The van der Waals surface area contributed by atoms with Crippen molar-refractivity contribution in [3.8, 4) is 5.75 Å². The van der Waals surface area contributed by atoms with E-state index in [4.69, 9.17) is 4.74 Å². The lowest BCUT2D eigenvalue weighted by atomic mass is 9.80. The van der Waals surface area contributed by atoms with Gasteiger partial charge in [0.05, 0.1) is 7.11 Å². The van der Waals surface area contributed by atoms with E-state index in [1.165, 1.54) is 24.2 Å². The van der Waals surface area contributed by atoms with Crippen molar-refractivity contribution >= 4 is 11.8 Å². The van der Waals surface area contributed by atoms with E-state index >= 15 is 0 Å². The molecule has 0 saturated heterocycles. The lowest BCUT2D eigenvalue weighted by molar-refractivity contribution is 0.249. The number of thioether (sulfide) groups is 1. The van der Waals surface area contributed by atoms with Gasteiger partial charge in [0.25, 0.3) is 0 Å². The van der Waals surface area contributed by atoms with Crippen LogP contribution >= 0.6 is 11.8 Å². The van der Waals surface area contributed by atoms with Crippen molar-refractivity contribution in [2.45, 2.75) is 56.2 Å². The lowest BCUT2D eigenvalue weighted by Crippen LogP contribution is -2.46. The molecule has 0 bridgehead atoms. The van der Waals surface area contributed by atoms with Crippen LogP contribution < -0.4 is 10.1 Å². The third-order valence-electron chi connectivity index (χ3n) is 4.36. The number of benzene rings is 1. The second-order valence-corrected chi connectivity index (χ2v) is 7.63. The van der Waals surface area contributed by atoms with Crippen LogP contribution in [0.3, 0.4) is 0 Å². The van der Waals surface area contributed by atoms with E-state index in [9.17, 15) is 0 Å². The molecule has 0 amide bonds. The first-order valence-electron chi connectivity index (χ1n) is 8.18. The van der Waals surface area contributed by atoms with Gasteiger partial charge in [0.1, 0.15) is 5.75 Å². The summed E-state index contributed by atoms with van der Waals surface area (Å²) in [5, 5.41) is 4.43. The van der Waals surface area contributed by atoms with Gasteiger partial charge >= 0.3 is 0 Å². The molecule has 0 radical (unpaired) electrons. The first-order valence-corrected chi connectivity index (χ1v) is 9.06. The molecule has 1 fully saturated rings. The third kappa shape index (κ3) is 4.65. The molecule has 1 N–H and O–H groups in total. The zero-order valence-electron chi connectivity index (χ0n) is 13.8. The quantitative estimate of drug-likeness (QED) is 0.830. The van der Waals surface area contributed by atoms with Gasteiger partial charge in [0, 0.05) is 16.2 Å². The van der Waals surface area contributed by atoms with E-state index < -0.39 is 0 Å². The van der Waals surface area contributed by atoms with Crippen molar-refractivity contribution < 1.29 is 4.74 Å². The summed E-state index contributed by atoms with van der Waals surface area (Å²) in [6.45, 7) is 8.17. The van der Waals surface area contributed by atoms with Gasteiger partial charge in [-0.15, -0.1) is 11.8 Å². The van der Waals surface area contributed by atoms with Crippen molar-refractivity contribution in [1.82, 2.24) is 5.32 Å². The summed E-state index contributed by atoms with van der Waals surface area (Å²) in [6.07, 6.45) is 3.84. The van der Waals surface area contributed by atoms with Crippen LogP contribution in [0.4, 0.5) is 0 Å². The molecule has 2 rings (SSSR count). The van der Waals surface area contributed by atoms with Crippen LogP contribution in [0.15, 0.2) is 29.2 Å². The van der Waals surface area contributed by atoms with Gasteiger partial charge in [-0.25, -0.2) is 0 Å². The average Bonchev–Trinajstić information content (AvgIpc) is 2.48. The molecule has 1 aliphatic rings. The van der Waals surface area contributed by atoms with Crippen LogP contribution in [0.25, 0.3) is 0 Å². The Morgan fingerprint density at radius 3 is 2.81 bits per heavy atom. The smallest absolute Gasteiger partial charge is 0.119 e. The first-order chi connectivity index (χ1) is 10.1. The summed E-state index contributed by atoms with van der Waals surface area (Å²) in [7, 11) is 1.74. The van der Waals surface area contributed by atoms with Crippen molar-refractivity contribution in [1.29, 1.82) is 0 Å². The molecule has 1 aliphatic carbocycles. The topological polar surface area (TPSA) is 21.3 Å². The number of hydrogen-bond donors (Lipinski definition) is 1. The summed E-state index contributed by atoms with van der Waals surface area (Å²) in [4.78, 5) is 1.32. The van der Waals surface area contributed by atoms with Gasteiger partial charge in [-0.2, -0.15) is 0 Å². The number of hydrogen-bond acceptors (Lipinski definition) is 3. The predicted molar refractivity (Wildman–Crippen MR) is 92.3 cm³/mol. The zero-order chi connectivity index (χ0) is 15.2. The Kier molecular flexibility index (Phi) is 6.43.